The second-order valence-corrected chi connectivity index (χ2v) is 8.17. The van der Waals surface area contributed by atoms with Gasteiger partial charge in [0.15, 0.2) is 11.6 Å². The average Bonchev–Trinajstić information content (AvgIpc) is 2.85. The molecule has 0 saturated carbocycles. The first-order valence-corrected chi connectivity index (χ1v) is 11.2. The maximum absolute atomic E-state index is 14.6. The van der Waals surface area contributed by atoms with Crippen LogP contribution < -0.4 is 4.74 Å². The summed E-state index contributed by atoms with van der Waals surface area (Å²) in [5.74, 6) is -1.47. The lowest BCUT2D eigenvalue weighted by molar-refractivity contribution is 0.0329. The Labute approximate surface area is 188 Å². The van der Waals surface area contributed by atoms with Crippen molar-refractivity contribution in [2.24, 2.45) is 0 Å². The van der Waals surface area contributed by atoms with E-state index in [0.29, 0.717) is 18.1 Å². The number of benzene rings is 3. The first-order valence-electron chi connectivity index (χ1n) is 11.2. The van der Waals surface area contributed by atoms with Gasteiger partial charge in [-0.15, -0.1) is 6.58 Å². The maximum atomic E-state index is 14.6. The lowest BCUT2D eigenvalue weighted by Crippen LogP contribution is -2.22. The van der Waals surface area contributed by atoms with E-state index in [2.05, 4.69) is 30.8 Å². The average molecular weight is 435 g/mol. The van der Waals surface area contributed by atoms with Gasteiger partial charge in [0.25, 0.3) is 0 Å². The summed E-state index contributed by atoms with van der Waals surface area (Å²) in [7, 11) is 0. The van der Waals surface area contributed by atoms with Crippen molar-refractivity contribution < 1.29 is 18.3 Å². The highest BCUT2D eigenvalue weighted by Gasteiger charge is 2.21. The topological polar surface area (TPSA) is 18.5 Å². The fraction of sp³-hybridized carbons (Fsp3) is 0.286. The van der Waals surface area contributed by atoms with Crippen molar-refractivity contribution in [1.82, 2.24) is 0 Å². The lowest BCUT2D eigenvalue weighted by Gasteiger charge is -2.27. The predicted octanol–water partition coefficient (Wildman–Crippen LogP) is 7.54. The zero-order valence-electron chi connectivity index (χ0n) is 18.3. The van der Waals surface area contributed by atoms with Crippen LogP contribution in [0.15, 0.2) is 73.3 Å². The molecule has 1 saturated heterocycles. The van der Waals surface area contributed by atoms with Crippen LogP contribution in [0.5, 0.6) is 5.75 Å². The highest BCUT2D eigenvalue weighted by molar-refractivity contribution is 5.71. The third-order valence-electron chi connectivity index (χ3n) is 5.99. The Kier molecular flexibility index (Phi) is 7.01. The van der Waals surface area contributed by atoms with Crippen LogP contribution in [0.1, 0.15) is 37.7 Å². The van der Waals surface area contributed by atoms with Gasteiger partial charge in [-0.2, -0.15) is 4.39 Å². The molecule has 2 unspecified atom stereocenters. The normalized spacial score (nSPS) is 18.3. The van der Waals surface area contributed by atoms with Gasteiger partial charge in [-0.1, -0.05) is 61.5 Å². The lowest BCUT2D eigenvalue weighted by atomic mass is 9.90. The Hall–Kier alpha value is -2.98. The van der Waals surface area contributed by atoms with E-state index in [1.165, 1.54) is 11.6 Å². The van der Waals surface area contributed by atoms with Gasteiger partial charge >= 0.3 is 0 Å². The van der Waals surface area contributed by atoms with Crippen LogP contribution in [0, 0.1) is 11.6 Å². The van der Waals surface area contributed by atoms with Crippen LogP contribution in [0.3, 0.4) is 0 Å². The summed E-state index contributed by atoms with van der Waals surface area (Å²) in [4.78, 5) is 0. The molecule has 3 aromatic rings. The molecule has 3 aromatic carbocycles. The molecule has 2 nitrogen and oxygen atoms in total. The molecular weight excluding hydrogens is 406 g/mol. The van der Waals surface area contributed by atoms with Gasteiger partial charge in [-0.25, -0.2) is 4.39 Å². The largest absolute Gasteiger partial charge is 0.490 e. The first kappa shape index (κ1) is 22.2. The van der Waals surface area contributed by atoms with Gasteiger partial charge in [0, 0.05) is 11.5 Å². The molecule has 0 bridgehead atoms. The summed E-state index contributed by atoms with van der Waals surface area (Å²) in [6.45, 7) is 6.79. The summed E-state index contributed by atoms with van der Waals surface area (Å²) in [6.07, 6.45) is 4.87. The summed E-state index contributed by atoms with van der Waals surface area (Å²) in [5.41, 5.74) is 4.23. The maximum Gasteiger partial charge on any atom is 0.201 e. The van der Waals surface area contributed by atoms with Crippen molar-refractivity contribution in [2.75, 3.05) is 13.2 Å². The minimum atomic E-state index is -0.943. The summed E-state index contributed by atoms with van der Waals surface area (Å²) in [6, 6.07) is 19.1. The number of hydrogen-bond donors (Lipinski definition) is 0. The molecule has 0 spiro atoms. The van der Waals surface area contributed by atoms with Crippen LogP contribution in [0.2, 0.25) is 0 Å². The van der Waals surface area contributed by atoms with Gasteiger partial charge in [-0.05, 0) is 53.6 Å². The SMILES string of the molecule is C=CC1CCC(c2ccc(-c3ccc(-c4ccc(OCCC)c(F)c4F)cc3)cc2)CO1. The molecule has 0 N–H and O–H groups in total. The Morgan fingerprint density at radius 3 is 2.16 bits per heavy atom. The molecule has 1 aliphatic rings. The molecule has 2 atom stereocenters. The van der Waals surface area contributed by atoms with Gasteiger partial charge in [0.05, 0.1) is 19.3 Å². The van der Waals surface area contributed by atoms with E-state index in [1.54, 1.807) is 6.07 Å². The third-order valence-corrected chi connectivity index (χ3v) is 5.99. The minimum absolute atomic E-state index is 0.0480. The first-order chi connectivity index (χ1) is 15.6. The van der Waals surface area contributed by atoms with Crippen molar-refractivity contribution in [3.8, 4) is 28.0 Å². The van der Waals surface area contributed by atoms with Crippen molar-refractivity contribution in [3.63, 3.8) is 0 Å². The summed E-state index contributed by atoms with van der Waals surface area (Å²) in [5, 5.41) is 0. The number of hydrogen-bond acceptors (Lipinski definition) is 2. The molecule has 32 heavy (non-hydrogen) atoms. The number of ether oxygens (including phenoxy) is 2. The van der Waals surface area contributed by atoms with Crippen LogP contribution in [0.25, 0.3) is 22.3 Å². The van der Waals surface area contributed by atoms with Gasteiger partial charge in [0.1, 0.15) is 0 Å². The monoisotopic (exact) mass is 434 g/mol. The number of rotatable bonds is 7. The number of halogens is 2. The Balaban J connectivity index is 1.48. The van der Waals surface area contributed by atoms with E-state index in [0.717, 1.165) is 37.0 Å². The minimum Gasteiger partial charge on any atom is -0.490 e. The highest BCUT2D eigenvalue weighted by atomic mass is 19.2. The van der Waals surface area contributed by atoms with Gasteiger partial charge in [0.2, 0.25) is 5.82 Å². The van der Waals surface area contributed by atoms with Gasteiger partial charge in [-0.3, -0.25) is 0 Å². The van der Waals surface area contributed by atoms with E-state index >= 15 is 0 Å². The molecule has 0 amide bonds. The quantitative estimate of drug-likeness (QED) is 0.358. The molecule has 4 rings (SSSR count). The fourth-order valence-electron chi connectivity index (χ4n) is 4.09. The Bertz CT molecular complexity index is 1050. The molecule has 166 valence electrons. The zero-order valence-corrected chi connectivity index (χ0v) is 18.3. The Morgan fingerprint density at radius 1 is 0.906 bits per heavy atom. The van der Waals surface area contributed by atoms with E-state index in [9.17, 15) is 8.78 Å². The summed E-state index contributed by atoms with van der Waals surface area (Å²) < 4.78 is 40.0. The summed E-state index contributed by atoms with van der Waals surface area (Å²) >= 11 is 0. The molecule has 4 heteroatoms. The molecule has 0 aliphatic carbocycles. The van der Waals surface area contributed by atoms with Crippen molar-refractivity contribution in [3.05, 3.63) is 90.5 Å². The molecule has 1 aliphatic heterocycles. The van der Waals surface area contributed by atoms with Crippen LogP contribution >= 0.6 is 0 Å². The smallest absolute Gasteiger partial charge is 0.201 e. The molecule has 1 heterocycles. The van der Waals surface area contributed by atoms with E-state index in [1.807, 2.05) is 37.3 Å². The second-order valence-electron chi connectivity index (χ2n) is 8.17. The van der Waals surface area contributed by atoms with Crippen molar-refractivity contribution in [1.29, 1.82) is 0 Å². The van der Waals surface area contributed by atoms with E-state index in [4.69, 9.17) is 9.47 Å². The fourth-order valence-corrected chi connectivity index (χ4v) is 4.09. The standard InChI is InChI=1S/C28H28F2O2/c1-3-17-31-26-16-15-25(27(29)28(26)30)22-11-9-20(10-12-22)19-5-7-21(8-6-19)23-13-14-24(4-2)32-18-23/h4-12,15-16,23-24H,2-3,13-14,17-18H2,1H3. The van der Waals surface area contributed by atoms with Crippen molar-refractivity contribution >= 4 is 0 Å². The van der Waals surface area contributed by atoms with Gasteiger partial charge < -0.3 is 9.47 Å². The third kappa shape index (κ3) is 4.76. The Morgan fingerprint density at radius 2 is 1.56 bits per heavy atom. The molecule has 1 fully saturated rings. The van der Waals surface area contributed by atoms with Crippen LogP contribution in [-0.2, 0) is 4.74 Å². The molecule has 0 radical (unpaired) electrons. The van der Waals surface area contributed by atoms with E-state index < -0.39 is 11.6 Å². The molecular formula is C28H28F2O2. The highest BCUT2D eigenvalue weighted by Crippen LogP contribution is 2.33. The van der Waals surface area contributed by atoms with E-state index in [-0.39, 0.29) is 17.4 Å². The predicted molar refractivity (Wildman–Crippen MR) is 125 cm³/mol. The zero-order chi connectivity index (χ0) is 22.5. The van der Waals surface area contributed by atoms with Crippen LogP contribution in [-0.4, -0.2) is 19.3 Å². The van der Waals surface area contributed by atoms with Crippen molar-refractivity contribution in [2.45, 2.75) is 38.2 Å². The second kappa shape index (κ2) is 10.1. The molecule has 0 aromatic heterocycles. The van der Waals surface area contributed by atoms with Crippen LogP contribution in [0.4, 0.5) is 8.78 Å².